The molecular formula is C42H24N4OS. The van der Waals surface area contributed by atoms with Gasteiger partial charge in [-0.2, -0.15) is 0 Å². The lowest BCUT2D eigenvalue weighted by molar-refractivity contribution is 0.669. The summed E-state index contributed by atoms with van der Waals surface area (Å²) < 4.78 is 8.87. The van der Waals surface area contributed by atoms with Crippen LogP contribution in [0.4, 0.5) is 0 Å². The third-order valence-corrected chi connectivity index (χ3v) is 10.2. The van der Waals surface area contributed by atoms with Gasteiger partial charge in [0.1, 0.15) is 11.3 Å². The van der Waals surface area contributed by atoms with E-state index in [0.29, 0.717) is 17.5 Å². The van der Waals surface area contributed by atoms with Crippen molar-refractivity contribution in [3.63, 3.8) is 0 Å². The Morgan fingerprint density at radius 1 is 0.438 bits per heavy atom. The highest BCUT2D eigenvalue weighted by atomic mass is 32.1. The predicted molar refractivity (Wildman–Crippen MR) is 197 cm³/mol. The van der Waals surface area contributed by atoms with Crippen molar-refractivity contribution in [1.29, 1.82) is 0 Å². The van der Waals surface area contributed by atoms with E-state index in [0.717, 1.165) is 60.8 Å². The van der Waals surface area contributed by atoms with Crippen LogP contribution in [0.3, 0.4) is 0 Å². The third kappa shape index (κ3) is 4.24. The number of hydrogen-bond acceptors (Lipinski definition) is 6. The zero-order valence-electron chi connectivity index (χ0n) is 25.5. The number of para-hydroxylation sites is 2. The first-order chi connectivity index (χ1) is 23.8. The van der Waals surface area contributed by atoms with Crippen LogP contribution >= 0.6 is 11.3 Å². The molecule has 0 amide bonds. The van der Waals surface area contributed by atoms with Crippen molar-refractivity contribution in [3.8, 4) is 45.4 Å². The van der Waals surface area contributed by atoms with Crippen molar-refractivity contribution in [2.75, 3.05) is 0 Å². The lowest BCUT2D eigenvalue weighted by Crippen LogP contribution is -2.00. The minimum atomic E-state index is 0.615. The Labute approximate surface area is 278 Å². The van der Waals surface area contributed by atoms with Crippen LogP contribution in [0.5, 0.6) is 0 Å². The fourth-order valence-corrected chi connectivity index (χ4v) is 7.88. The van der Waals surface area contributed by atoms with Crippen molar-refractivity contribution in [2.45, 2.75) is 0 Å². The maximum atomic E-state index is 6.45. The molecule has 0 radical (unpaired) electrons. The molecule has 4 aromatic heterocycles. The summed E-state index contributed by atoms with van der Waals surface area (Å²) in [5, 5.41) is 5.70. The molecule has 0 saturated carbocycles. The maximum Gasteiger partial charge on any atom is 0.165 e. The molecule has 5 nitrogen and oxygen atoms in total. The molecule has 0 aliphatic carbocycles. The molecule has 10 aromatic rings. The van der Waals surface area contributed by atoms with Gasteiger partial charge < -0.3 is 4.42 Å². The molecule has 0 saturated heterocycles. The van der Waals surface area contributed by atoms with Gasteiger partial charge in [-0.05, 0) is 24.3 Å². The largest absolute Gasteiger partial charge is 0.454 e. The van der Waals surface area contributed by atoms with Crippen molar-refractivity contribution >= 4 is 64.4 Å². The Morgan fingerprint density at radius 2 is 1.06 bits per heavy atom. The van der Waals surface area contributed by atoms with Gasteiger partial charge in [0.15, 0.2) is 23.1 Å². The van der Waals surface area contributed by atoms with Gasteiger partial charge in [-0.25, -0.2) is 19.9 Å². The van der Waals surface area contributed by atoms with Crippen LogP contribution < -0.4 is 0 Å². The number of thiophene rings is 1. The molecule has 4 heterocycles. The predicted octanol–water partition coefficient (Wildman–Crippen LogP) is 11.4. The fraction of sp³-hybridized carbons (Fsp3) is 0. The van der Waals surface area contributed by atoms with Gasteiger partial charge in [0.05, 0.1) is 5.52 Å². The van der Waals surface area contributed by atoms with E-state index in [1.807, 2.05) is 54.6 Å². The van der Waals surface area contributed by atoms with Gasteiger partial charge in [-0.15, -0.1) is 11.3 Å². The van der Waals surface area contributed by atoms with E-state index in [4.69, 9.17) is 24.4 Å². The Bertz CT molecular complexity index is 2840. The Balaban J connectivity index is 1.14. The third-order valence-electron chi connectivity index (χ3n) is 8.95. The summed E-state index contributed by atoms with van der Waals surface area (Å²) in [5.74, 6) is 1.90. The normalized spacial score (nSPS) is 11.8. The molecular weight excluding hydrogens is 609 g/mol. The summed E-state index contributed by atoms with van der Waals surface area (Å²) in [6.07, 6.45) is 0. The van der Waals surface area contributed by atoms with Gasteiger partial charge in [0, 0.05) is 58.6 Å². The lowest BCUT2D eigenvalue weighted by Gasteiger charge is -2.10. The number of furan rings is 1. The Morgan fingerprint density at radius 3 is 1.90 bits per heavy atom. The molecule has 0 aliphatic heterocycles. The lowest BCUT2D eigenvalue weighted by atomic mass is 10.0. The molecule has 6 aromatic carbocycles. The average molecular weight is 633 g/mol. The second kappa shape index (κ2) is 10.7. The van der Waals surface area contributed by atoms with E-state index < -0.39 is 0 Å². The van der Waals surface area contributed by atoms with Crippen molar-refractivity contribution in [2.24, 2.45) is 0 Å². The minimum Gasteiger partial charge on any atom is -0.454 e. The quantitative estimate of drug-likeness (QED) is 0.193. The number of pyridine rings is 1. The summed E-state index contributed by atoms with van der Waals surface area (Å²) in [5.41, 5.74) is 7.17. The van der Waals surface area contributed by atoms with Crippen molar-refractivity contribution in [1.82, 2.24) is 19.9 Å². The van der Waals surface area contributed by atoms with E-state index >= 15 is 0 Å². The molecule has 0 N–H and O–H groups in total. The van der Waals surface area contributed by atoms with E-state index in [1.165, 1.54) is 20.2 Å². The zero-order valence-corrected chi connectivity index (χ0v) is 26.3. The smallest absolute Gasteiger partial charge is 0.165 e. The monoisotopic (exact) mass is 632 g/mol. The second-order valence-electron chi connectivity index (χ2n) is 11.8. The summed E-state index contributed by atoms with van der Waals surface area (Å²) in [6.45, 7) is 0. The number of nitrogens with zero attached hydrogens (tertiary/aromatic N) is 4. The number of benzene rings is 6. The Kier molecular flexibility index (Phi) is 5.98. The van der Waals surface area contributed by atoms with Crippen LogP contribution in [0.25, 0.3) is 98.4 Å². The molecule has 10 rings (SSSR count). The summed E-state index contributed by atoms with van der Waals surface area (Å²) in [7, 11) is 0. The number of rotatable bonds is 4. The summed E-state index contributed by atoms with van der Waals surface area (Å²) in [4.78, 5) is 20.2. The highest BCUT2D eigenvalue weighted by molar-refractivity contribution is 7.26. The number of aromatic nitrogens is 4. The molecule has 48 heavy (non-hydrogen) atoms. The molecule has 224 valence electrons. The average Bonchev–Trinajstić information content (AvgIpc) is 3.74. The van der Waals surface area contributed by atoms with Gasteiger partial charge in [0.2, 0.25) is 0 Å². The molecule has 0 spiro atoms. The van der Waals surface area contributed by atoms with E-state index in [2.05, 4.69) is 91.0 Å². The molecule has 0 atom stereocenters. The molecule has 0 fully saturated rings. The highest BCUT2D eigenvalue weighted by Gasteiger charge is 2.19. The SMILES string of the molecule is c1ccc(-c2nc(-c3ccc(-c4nc5ccccc5c5c4oc4ccccc45)cc3)nc(-c3cccc4c3sc3ccccc34)n2)cc1. The second-order valence-corrected chi connectivity index (χ2v) is 12.9. The van der Waals surface area contributed by atoms with E-state index in [9.17, 15) is 0 Å². The summed E-state index contributed by atoms with van der Waals surface area (Å²) >= 11 is 1.77. The molecule has 0 bridgehead atoms. The first-order valence-corrected chi connectivity index (χ1v) is 16.6. The van der Waals surface area contributed by atoms with Crippen LogP contribution in [-0.4, -0.2) is 19.9 Å². The van der Waals surface area contributed by atoms with Gasteiger partial charge in [-0.1, -0.05) is 121 Å². The van der Waals surface area contributed by atoms with E-state index in [-0.39, 0.29) is 0 Å². The molecule has 0 aliphatic rings. The van der Waals surface area contributed by atoms with Crippen LogP contribution in [0.15, 0.2) is 150 Å². The Hall–Kier alpha value is -6.24. The highest BCUT2D eigenvalue weighted by Crippen LogP contribution is 2.41. The van der Waals surface area contributed by atoms with Crippen LogP contribution in [-0.2, 0) is 0 Å². The van der Waals surface area contributed by atoms with Crippen molar-refractivity contribution in [3.05, 3.63) is 146 Å². The van der Waals surface area contributed by atoms with Crippen LogP contribution in [0.1, 0.15) is 0 Å². The number of fused-ring (bicyclic) bond motifs is 8. The topological polar surface area (TPSA) is 64.7 Å². The maximum absolute atomic E-state index is 6.45. The van der Waals surface area contributed by atoms with Crippen LogP contribution in [0.2, 0.25) is 0 Å². The van der Waals surface area contributed by atoms with Gasteiger partial charge >= 0.3 is 0 Å². The van der Waals surface area contributed by atoms with Gasteiger partial charge in [-0.3, -0.25) is 0 Å². The number of hydrogen-bond donors (Lipinski definition) is 0. The molecule has 0 unspecified atom stereocenters. The first-order valence-electron chi connectivity index (χ1n) is 15.8. The van der Waals surface area contributed by atoms with Gasteiger partial charge in [0.25, 0.3) is 0 Å². The van der Waals surface area contributed by atoms with E-state index in [1.54, 1.807) is 11.3 Å². The minimum absolute atomic E-state index is 0.615. The van der Waals surface area contributed by atoms with Crippen molar-refractivity contribution < 1.29 is 4.42 Å². The standard InChI is InChI=1S/C42H24N4OS/c1-2-11-26(12-3-1)40-44-41(46-42(45-40)32-17-10-16-29-28-13-6-9-20-35(28)48-39(29)32)27-23-21-25(22-24-27)37-38-36(30-14-4-7-18-33(30)43-37)31-15-5-8-19-34(31)47-38/h1-24H. The van der Waals surface area contributed by atoms with Crippen LogP contribution in [0, 0.1) is 0 Å². The first kappa shape index (κ1) is 26.9. The fourth-order valence-electron chi connectivity index (χ4n) is 6.67. The molecule has 6 heteroatoms. The summed E-state index contributed by atoms with van der Waals surface area (Å²) in [6, 6.07) is 49.7. The zero-order chi connectivity index (χ0) is 31.6.